The van der Waals surface area contributed by atoms with E-state index in [2.05, 4.69) is 10.0 Å². The average molecular weight is 558 g/mol. The van der Waals surface area contributed by atoms with Crippen molar-refractivity contribution in [1.82, 2.24) is 9.62 Å². The van der Waals surface area contributed by atoms with Gasteiger partial charge in [0, 0.05) is 25.3 Å². The molecule has 1 amide bonds. The number of hydrogen-bond acceptors (Lipinski definition) is 6. The lowest BCUT2D eigenvalue weighted by molar-refractivity contribution is -0.123. The second-order valence-corrected chi connectivity index (χ2v) is 12.7. The fraction of sp³-hybridized carbons (Fsp3) is 0.296. The van der Waals surface area contributed by atoms with Gasteiger partial charge in [-0.2, -0.15) is 4.31 Å². The van der Waals surface area contributed by atoms with Crippen molar-refractivity contribution in [3.05, 3.63) is 83.9 Å². The fourth-order valence-electron chi connectivity index (χ4n) is 4.07. The van der Waals surface area contributed by atoms with Gasteiger partial charge in [0.1, 0.15) is 5.75 Å². The quantitative estimate of drug-likeness (QED) is 0.392. The predicted octanol–water partition coefficient (Wildman–Crippen LogP) is 3.67. The van der Waals surface area contributed by atoms with Gasteiger partial charge in [-0.15, -0.1) is 0 Å². The van der Waals surface area contributed by atoms with Crippen molar-refractivity contribution in [3.8, 4) is 5.75 Å². The van der Waals surface area contributed by atoms with E-state index >= 15 is 0 Å². The number of nitrogens with one attached hydrogen (secondary N) is 2. The lowest BCUT2D eigenvalue weighted by Gasteiger charge is -2.25. The van der Waals surface area contributed by atoms with E-state index in [1.54, 1.807) is 42.5 Å². The highest BCUT2D eigenvalue weighted by Gasteiger charge is 2.25. The largest absolute Gasteiger partial charge is 0.484 e. The van der Waals surface area contributed by atoms with Crippen LogP contribution in [0.25, 0.3) is 0 Å². The standard InChI is InChI=1S/C27H31N3O6S2/c1-21-6-5-7-23(18-21)29-37(32,33)25-14-10-24(11-15-25)36-20-27(31)28-19-22-8-12-26(13-9-22)38(34,35)30-16-3-2-4-17-30/h5-15,18,29H,2-4,16-17,19-20H2,1H3,(H,28,31). The summed E-state index contributed by atoms with van der Waals surface area (Å²) in [6.07, 6.45) is 2.80. The number of hydrogen-bond donors (Lipinski definition) is 2. The number of benzene rings is 3. The van der Waals surface area contributed by atoms with Gasteiger partial charge in [-0.1, -0.05) is 30.7 Å². The monoisotopic (exact) mass is 557 g/mol. The number of amides is 1. The van der Waals surface area contributed by atoms with Crippen LogP contribution < -0.4 is 14.8 Å². The van der Waals surface area contributed by atoms with E-state index < -0.39 is 20.0 Å². The van der Waals surface area contributed by atoms with Crippen LogP contribution in [0.1, 0.15) is 30.4 Å². The van der Waals surface area contributed by atoms with E-state index in [1.807, 2.05) is 13.0 Å². The maximum Gasteiger partial charge on any atom is 0.261 e. The topological polar surface area (TPSA) is 122 Å². The second-order valence-electron chi connectivity index (χ2n) is 9.12. The molecule has 3 aromatic carbocycles. The molecule has 0 aromatic heterocycles. The maximum atomic E-state index is 12.8. The molecule has 0 spiro atoms. The van der Waals surface area contributed by atoms with Crippen LogP contribution in [0.2, 0.25) is 0 Å². The summed E-state index contributed by atoms with van der Waals surface area (Å²) < 4.78 is 60.3. The summed E-state index contributed by atoms with van der Waals surface area (Å²) in [6.45, 7) is 2.93. The van der Waals surface area contributed by atoms with E-state index in [0.29, 0.717) is 24.5 Å². The third kappa shape index (κ3) is 7.12. The summed E-state index contributed by atoms with van der Waals surface area (Å²) in [5.74, 6) is -0.0187. The Bertz CT molecular complexity index is 1470. The summed E-state index contributed by atoms with van der Waals surface area (Å²) in [5, 5.41) is 2.73. The van der Waals surface area contributed by atoms with Crippen LogP contribution in [-0.4, -0.2) is 46.7 Å². The molecule has 1 aliphatic heterocycles. The number of nitrogens with zero attached hydrogens (tertiary/aromatic N) is 1. The minimum absolute atomic E-state index is 0.0709. The number of carbonyl (C=O) groups excluding carboxylic acids is 1. The fourth-order valence-corrected chi connectivity index (χ4v) is 6.64. The number of ether oxygens (including phenoxy) is 1. The van der Waals surface area contributed by atoms with Crippen LogP contribution in [0.4, 0.5) is 5.69 Å². The molecule has 1 fully saturated rings. The van der Waals surface area contributed by atoms with Gasteiger partial charge in [0.05, 0.1) is 9.79 Å². The first-order valence-electron chi connectivity index (χ1n) is 12.3. The number of piperidine rings is 1. The second kappa shape index (κ2) is 12.0. The van der Waals surface area contributed by atoms with Crippen LogP contribution in [0, 0.1) is 6.92 Å². The van der Waals surface area contributed by atoms with Crippen LogP contribution in [-0.2, 0) is 31.4 Å². The van der Waals surface area contributed by atoms with Gasteiger partial charge in [0.25, 0.3) is 15.9 Å². The molecular formula is C27H31N3O6S2. The van der Waals surface area contributed by atoms with Gasteiger partial charge in [0.15, 0.2) is 6.61 Å². The van der Waals surface area contributed by atoms with Crippen molar-refractivity contribution in [1.29, 1.82) is 0 Å². The van der Waals surface area contributed by atoms with Crippen LogP contribution in [0.5, 0.6) is 5.75 Å². The van der Waals surface area contributed by atoms with Gasteiger partial charge >= 0.3 is 0 Å². The average Bonchev–Trinajstić information content (AvgIpc) is 2.91. The minimum atomic E-state index is -3.76. The lowest BCUT2D eigenvalue weighted by Crippen LogP contribution is -2.35. The Hall–Kier alpha value is -3.41. The number of anilines is 1. The molecule has 3 aromatic rings. The number of aryl methyl sites for hydroxylation is 1. The van der Waals surface area contributed by atoms with Gasteiger partial charge in [0.2, 0.25) is 10.0 Å². The highest BCUT2D eigenvalue weighted by Crippen LogP contribution is 2.22. The van der Waals surface area contributed by atoms with E-state index in [0.717, 1.165) is 30.4 Å². The number of sulfonamides is 2. The molecule has 202 valence electrons. The first-order valence-corrected chi connectivity index (χ1v) is 15.2. The van der Waals surface area contributed by atoms with Gasteiger partial charge in [-0.05, 0) is 79.4 Å². The van der Waals surface area contributed by atoms with E-state index in [9.17, 15) is 21.6 Å². The smallest absolute Gasteiger partial charge is 0.261 e. The summed E-state index contributed by atoms with van der Waals surface area (Å²) in [5.41, 5.74) is 2.16. The van der Waals surface area contributed by atoms with Crippen molar-refractivity contribution >= 4 is 31.6 Å². The molecule has 1 heterocycles. The van der Waals surface area contributed by atoms with Crippen LogP contribution in [0.3, 0.4) is 0 Å². The Morgan fingerprint density at radius 2 is 1.53 bits per heavy atom. The molecule has 9 nitrogen and oxygen atoms in total. The number of carbonyl (C=O) groups is 1. The molecule has 0 unspecified atom stereocenters. The normalized spacial score (nSPS) is 14.6. The molecule has 38 heavy (non-hydrogen) atoms. The third-order valence-corrected chi connectivity index (χ3v) is 9.45. The zero-order valence-corrected chi connectivity index (χ0v) is 22.7. The molecule has 2 N–H and O–H groups in total. The van der Waals surface area contributed by atoms with Crippen molar-refractivity contribution in [2.45, 2.75) is 42.5 Å². The van der Waals surface area contributed by atoms with Gasteiger partial charge in [-0.3, -0.25) is 9.52 Å². The Morgan fingerprint density at radius 1 is 0.868 bits per heavy atom. The molecule has 0 radical (unpaired) electrons. The molecule has 11 heteroatoms. The summed E-state index contributed by atoms with van der Waals surface area (Å²) >= 11 is 0. The maximum absolute atomic E-state index is 12.8. The first-order chi connectivity index (χ1) is 18.1. The van der Waals surface area contributed by atoms with Gasteiger partial charge in [-0.25, -0.2) is 16.8 Å². The van der Waals surface area contributed by atoms with Crippen molar-refractivity contribution in [2.75, 3.05) is 24.4 Å². The molecule has 1 saturated heterocycles. The van der Waals surface area contributed by atoms with E-state index in [1.165, 1.54) is 28.6 Å². The Morgan fingerprint density at radius 3 is 2.18 bits per heavy atom. The Balaban J connectivity index is 1.25. The predicted molar refractivity (Wildman–Crippen MR) is 145 cm³/mol. The zero-order chi connectivity index (χ0) is 27.2. The van der Waals surface area contributed by atoms with Crippen molar-refractivity contribution in [2.24, 2.45) is 0 Å². The van der Waals surface area contributed by atoms with E-state index in [4.69, 9.17) is 4.74 Å². The molecule has 0 aliphatic carbocycles. The Kier molecular flexibility index (Phi) is 8.70. The molecule has 4 rings (SSSR count). The molecule has 0 saturated carbocycles. The van der Waals surface area contributed by atoms with E-state index in [-0.39, 0.29) is 28.8 Å². The summed E-state index contributed by atoms with van der Waals surface area (Å²) in [6, 6.07) is 19.3. The summed E-state index contributed by atoms with van der Waals surface area (Å²) in [4.78, 5) is 12.6. The molecule has 0 bridgehead atoms. The zero-order valence-electron chi connectivity index (χ0n) is 21.1. The van der Waals surface area contributed by atoms with Crippen LogP contribution in [0.15, 0.2) is 82.6 Å². The molecular weight excluding hydrogens is 526 g/mol. The first kappa shape index (κ1) is 27.6. The summed E-state index contributed by atoms with van der Waals surface area (Å²) in [7, 11) is -7.26. The SMILES string of the molecule is Cc1cccc(NS(=O)(=O)c2ccc(OCC(=O)NCc3ccc(S(=O)(=O)N4CCCCC4)cc3)cc2)c1. The van der Waals surface area contributed by atoms with Crippen LogP contribution >= 0.6 is 0 Å². The molecule has 1 aliphatic rings. The highest BCUT2D eigenvalue weighted by atomic mass is 32.2. The lowest BCUT2D eigenvalue weighted by atomic mass is 10.2. The molecule has 0 atom stereocenters. The van der Waals surface area contributed by atoms with Gasteiger partial charge < -0.3 is 10.1 Å². The van der Waals surface area contributed by atoms with Crippen molar-refractivity contribution in [3.63, 3.8) is 0 Å². The van der Waals surface area contributed by atoms with Crippen molar-refractivity contribution < 1.29 is 26.4 Å². The number of rotatable bonds is 10. The highest BCUT2D eigenvalue weighted by molar-refractivity contribution is 7.92. The Labute approximate surface area is 223 Å². The minimum Gasteiger partial charge on any atom is -0.484 e. The third-order valence-electron chi connectivity index (χ3n) is 6.14.